The van der Waals surface area contributed by atoms with Crippen LogP contribution in [0.4, 0.5) is 5.82 Å². The average Bonchev–Trinajstić information content (AvgIpc) is 3.35. The van der Waals surface area contributed by atoms with Gasteiger partial charge in [-0.25, -0.2) is 9.97 Å². The summed E-state index contributed by atoms with van der Waals surface area (Å²) in [5.74, 6) is 1.64. The third-order valence-corrected chi connectivity index (χ3v) is 7.00. The fourth-order valence-corrected chi connectivity index (χ4v) is 4.96. The molecule has 1 amide bonds. The van der Waals surface area contributed by atoms with Gasteiger partial charge >= 0.3 is 0 Å². The first kappa shape index (κ1) is 24.8. The van der Waals surface area contributed by atoms with Gasteiger partial charge in [0.15, 0.2) is 11.6 Å². The minimum atomic E-state index is 0.0408. The summed E-state index contributed by atoms with van der Waals surface area (Å²) in [7, 11) is 1.66. The number of hydrogen-bond acceptors (Lipinski definition) is 6. The highest BCUT2D eigenvalue weighted by Gasteiger charge is 2.20. The topological polar surface area (TPSA) is 86.4 Å². The van der Waals surface area contributed by atoms with Crippen LogP contribution in [-0.2, 0) is 24.2 Å². The number of methoxy groups -OCH3 is 1. The Bertz CT molecular complexity index is 1310. The van der Waals surface area contributed by atoms with Crippen molar-refractivity contribution in [1.82, 2.24) is 25.2 Å². The number of H-pyrrole nitrogens is 1. The van der Waals surface area contributed by atoms with E-state index < -0.39 is 0 Å². The third kappa shape index (κ3) is 6.27. The zero-order valence-electron chi connectivity index (χ0n) is 21.3. The molecule has 0 unspecified atom stereocenters. The van der Waals surface area contributed by atoms with Gasteiger partial charge in [-0.2, -0.15) is 0 Å². The second-order valence-corrected chi connectivity index (χ2v) is 9.48. The largest absolute Gasteiger partial charge is 0.491 e. The van der Waals surface area contributed by atoms with Crippen LogP contribution >= 0.6 is 0 Å². The summed E-state index contributed by atoms with van der Waals surface area (Å²) in [4.78, 5) is 29.2. The molecule has 1 fully saturated rings. The van der Waals surface area contributed by atoms with Crippen molar-refractivity contribution in [3.8, 4) is 5.75 Å². The summed E-state index contributed by atoms with van der Waals surface area (Å²) in [6, 6.07) is 16.3. The Hall–Kier alpha value is -3.91. The Morgan fingerprint density at radius 2 is 1.92 bits per heavy atom. The van der Waals surface area contributed by atoms with Crippen molar-refractivity contribution < 1.29 is 9.53 Å². The van der Waals surface area contributed by atoms with Crippen molar-refractivity contribution in [2.75, 3.05) is 44.7 Å². The van der Waals surface area contributed by atoms with Gasteiger partial charge in [0, 0.05) is 49.8 Å². The van der Waals surface area contributed by atoms with Gasteiger partial charge in [-0.1, -0.05) is 36.4 Å². The van der Waals surface area contributed by atoms with Crippen LogP contribution in [0.1, 0.15) is 23.1 Å². The van der Waals surface area contributed by atoms with E-state index in [1.54, 1.807) is 19.6 Å². The molecule has 0 saturated carbocycles. The lowest BCUT2D eigenvalue weighted by molar-refractivity contribution is -0.120. The van der Waals surface area contributed by atoms with E-state index >= 15 is 0 Å². The Morgan fingerprint density at radius 3 is 2.73 bits per heavy atom. The normalized spacial score (nSPS) is 14.1. The summed E-state index contributed by atoms with van der Waals surface area (Å²) in [6.45, 7) is 5.47. The predicted molar refractivity (Wildman–Crippen MR) is 146 cm³/mol. The Balaban J connectivity index is 1.11. The lowest BCUT2D eigenvalue weighted by Crippen LogP contribution is -2.47. The molecule has 2 aromatic carbocycles. The van der Waals surface area contributed by atoms with Crippen LogP contribution in [0.3, 0.4) is 0 Å². The van der Waals surface area contributed by atoms with Crippen molar-refractivity contribution in [3.05, 3.63) is 83.9 Å². The second-order valence-electron chi connectivity index (χ2n) is 9.48. The van der Waals surface area contributed by atoms with Gasteiger partial charge in [-0.3, -0.25) is 9.69 Å². The molecule has 2 aromatic heterocycles. The Kier molecular flexibility index (Phi) is 7.96. The highest BCUT2D eigenvalue weighted by atomic mass is 16.5. The molecule has 1 saturated heterocycles. The van der Waals surface area contributed by atoms with Crippen LogP contribution in [0.15, 0.2) is 67.3 Å². The molecular formula is C29H34N6O2. The first-order valence-corrected chi connectivity index (χ1v) is 12.9. The van der Waals surface area contributed by atoms with Gasteiger partial charge in [-0.05, 0) is 48.2 Å². The molecule has 192 valence electrons. The molecule has 0 aliphatic carbocycles. The lowest BCUT2D eigenvalue weighted by atomic mass is 10.0. The number of nitrogens with one attached hydrogen (secondary N) is 2. The van der Waals surface area contributed by atoms with Crippen LogP contribution in [0, 0.1) is 0 Å². The standard InChI is InChI=1S/C29H34N6O2/c1-37-27-20-30-21-33-29(27)35-14-12-34(13-15-35)11-5-8-24-19-31-26-10-9-23(16-25(24)26)17-28(36)32-18-22-6-3-2-4-7-22/h2-4,6-7,9-10,16,19-21,31H,5,8,11-15,17-18H2,1H3,(H,32,36). The second kappa shape index (κ2) is 11.9. The number of carbonyl (C=O) groups excluding carboxylic acids is 1. The quantitative estimate of drug-likeness (QED) is 0.348. The van der Waals surface area contributed by atoms with Crippen molar-refractivity contribution in [2.45, 2.75) is 25.8 Å². The van der Waals surface area contributed by atoms with Gasteiger partial charge in [0.05, 0.1) is 19.7 Å². The molecule has 2 N–H and O–H groups in total. The molecule has 0 radical (unpaired) electrons. The third-order valence-electron chi connectivity index (χ3n) is 7.00. The summed E-state index contributed by atoms with van der Waals surface area (Å²) < 4.78 is 5.42. The highest BCUT2D eigenvalue weighted by molar-refractivity contribution is 5.86. The predicted octanol–water partition coefficient (Wildman–Crippen LogP) is 3.58. The highest BCUT2D eigenvalue weighted by Crippen LogP contribution is 2.25. The molecule has 0 atom stereocenters. The number of hydrogen-bond donors (Lipinski definition) is 2. The molecule has 8 nitrogen and oxygen atoms in total. The number of carbonyl (C=O) groups is 1. The number of piperazine rings is 1. The number of fused-ring (bicyclic) bond motifs is 1. The van der Waals surface area contributed by atoms with Gasteiger partial charge in [-0.15, -0.1) is 0 Å². The van der Waals surface area contributed by atoms with E-state index in [1.165, 1.54) is 10.9 Å². The number of nitrogens with zero attached hydrogens (tertiary/aromatic N) is 4. The van der Waals surface area contributed by atoms with Crippen LogP contribution in [0.25, 0.3) is 10.9 Å². The van der Waals surface area contributed by atoms with Crippen LogP contribution in [0.2, 0.25) is 0 Å². The lowest BCUT2D eigenvalue weighted by Gasteiger charge is -2.35. The van der Waals surface area contributed by atoms with E-state index in [4.69, 9.17) is 4.74 Å². The molecule has 5 rings (SSSR count). The Labute approximate surface area is 217 Å². The van der Waals surface area contributed by atoms with Crippen molar-refractivity contribution in [1.29, 1.82) is 0 Å². The van der Waals surface area contributed by atoms with Crippen LogP contribution in [-0.4, -0.2) is 65.6 Å². The summed E-state index contributed by atoms with van der Waals surface area (Å²) in [6.07, 6.45) is 7.89. The molecule has 1 aliphatic rings. The fraction of sp³-hybridized carbons (Fsp3) is 0.345. The van der Waals surface area contributed by atoms with E-state index in [0.29, 0.717) is 13.0 Å². The fourth-order valence-electron chi connectivity index (χ4n) is 4.96. The molecule has 37 heavy (non-hydrogen) atoms. The van der Waals surface area contributed by atoms with Crippen molar-refractivity contribution >= 4 is 22.6 Å². The average molecular weight is 499 g/mol. The molecule has 1 aliphatic heterocycles. The maximum absolute atomic E-state index is 12.5. The number of anilines is 1. The zero-order chi connectivity index (χ0) is 25.5. The van der Waals surface area contributed by atoms with Gasteiger partial charge in [0.25, 0.3) is 0 Å². The SMILES string of the molecule is COc1cncnc1N1CCN(CCCc2c[nH]c3ccc(CC(=O)NCc4ccccc4)cc23)CC1. The molecule has 4 aromatic rings. The smallest absolute Gasteiger partial charge is 0.224 e. The van der Waals surface area contributed by atoms with Gasteiger partial charge in [0.1, 0.15) is 6.33 Å². The van der Waals surface area contributed by atoms with E-state index in [1.807, 2.05) is 36.4 Å². The summed E-state index contributed by atoms with van der Waals surface area (Å²) in [5.41, 5.74) is 4.58. The molecule has 0 spiro atoms. The number of aromatic nitrogens is 3. The van der Waals surface area contributed by atoms with Gasteiger partial charge in [0.2, 0.25) is 5.91 Å². The van der Waals surface area contributed by atoms with E-state index in [9.17, 15) is 4.79 Å². The number of ether oxygens (including phenoxy) is 1. The van der Waals surface area contributed by atoms with Gasteiger partial charge < -0.3 is 19.9 Å². The van der Waals surface area contributed by atoms with Crippen LogP contribution in [0.5, 0.6) is 5.75 Å². The number of rotatable bonds is 10. The number of benzene rings is 2. The van der Waals surface area contributed by atoms with E-state index in [2.05, 4.69) is 48.4 Å². The minimum Gasteiger partial charge on any atom is -0.491 e. The zero-order valence-corrected chi connectivity index (χ0v) is 21.3. The van der Waals surface area contributed by atoms with Crippen molar-refractivity contribution in [3.63, 3.8) is 0 Å². The maximum atomic E-state index is 12.5. The van der Waals surface area contributed by atoms with Crippen molar-refractivity contribution in [2.24, 2.45) is 0 Å². The summed E-state index contributed by atoms with van der Waals surface area (Å²) >= 11 is 0. The molecular weight excluding hydrogens is 464 g/mol. The minimum absolute atomic E-state index is 0.0408. The first-order valence-electron chi connectivity index (χ1n) is 12.9. The molecule has 0 bridgehead atoms. The Morgan fingerprint density at radius 1 is 1.08 bits per heavy atom. The van der Waals surface area contributed by atoms with Crippen LogP contribution < -0.4 is 15.0 Å². The number of amides is 1. The molecule has 3 heterocycles. The summed E-state index contributed by atoms with van der Waals surface area (Å²) in [5, 5.41) is 4.24. The maximum Gasteiger partial charge on any atom is 0.224 e. The number of aryl methyl sites for hydroxylation is 1. The van der Waals surface area contributed by atoms with E-state index in [-0.39, 0.29) is 5.91 Å². The monoisotopic (exact) mass is 498 g/mol. The first-order chi connectivity index (χ1) is 18.2. The van der Waals surface area contributed by atoms with E-state index in [0.717, 1.165) is 73.8 Å². The molecule has 8 heteroatoms. The number of aromatic amines is 1.